The molecule has 0 spiro atoms. The Morgan fingerprint density at radius 3 is 2.30 bits per heavy atom. The number of hydrogen-bond acceptors (Lipinski definition) is 5. The molecule has 1 aromatic rings. The van der Waals surface area contributed by atoms with Crippen molar-refractivity contribution in [1.82, 2.24) is 4.98 Å². The Morgan fingerprint density at radius 1 is 1.25 bits per heavy atom. The quantitative estimate of drug-likeness (QED) is 0.605. The molecule has 2 rings (SSSR count). The van der Waals surface area contributed by atoms with Crippen LogP contribution >= 0.6 is 0 Å². The van der Waals surface area contributed by atoms with Crippen LogP contribution in [-0.2, 0) is 14.0 Å². The maximum absolute atomic E-state index is 11.7. The molecule has 1 aliphatic rings. The molecule has 6 heteroatoms. The SMILES string of the molecule is COC(=O)c1nccc(B2OC(C)(C)C(C)(C)O2)c1C. The van der Waals surface area contributed by atoms with Gasteiger partial charge in [0.15, 0.2) is 5.69 Å². The van der Waals surface area contributed by atoms with E-state index in [1.807, 2.05) is 40.7 Å². The Bertz CT molecular complexity index is 526. The average molecular weight is 277 g/mol. The number of nitrogens with zero attached hydrogens (tertiary/aromatic N) is 1. The fraction of sp³-hybridized carbons (Fsp3) is 0.571. The maximum atomic E-state index is 11.7. The van der Waals surface area contributed by atoms with Crippen molar-refractivity contribution in [3.63, 3.8) is 0 Å². The van der Waals surface area contributed by atoms with Crippen LogP contribution in [0, 0.1) is 6.92 Å². The number of rotatable bonds is 2. The summed E-state index contributed by atoms with van der Waals surface area (Å²) >= 11 is 0. The molecule has 0 aliphatic carbocycles. The van der Waals surface area contributed by atoms with Gasteiger partial charge < -0.3 is 14.0 Å². The lowest BCUT2D eigenvalue weighted by Crippen LogP contribution is -2.41. The first-order valence-corrected chi connectivity index (χ1v) is 6.59. The van der Waals surface area contributed by atoms with Gasteiger partial charge in [-0.3, -0.25) is 0 Å². The summed E-state index contributed by atoms with van der Waals surface area (Å²) in [4.78, 5) is 15.8. The van der Waals surface area contributed by atoms with Crippen LogP contribution in [0.3, 0.4) is 0 Å². The molecule has 0 N–H and O–H groups in total. The molecule has 108 valence electrons. The Labute approximate surface area is 119 Å². The Hall–Kier alpha value is -1.40. The van der Waals surface area contributed by atoms with E-state index in [0.29, 0.717) is 5.69 Å². The van der Waals surface area contributed by atoms with Gasteiger partial charge in [0, 0.05) is 6.20 Å². The molecule has 20 heavy (non-hydrogen) atoms. The summed E-state index contributed by atoms with van der Waals surface area (Å²) in [5.74, 6) is -0.458. The highest BCUT2D eigenvalue weighted by Gasteiger charge is 2.52. The molecule has 0 saturated carbocycles. The summed E-state index contributed by atoms with van der Waals surface area (Å²) in [5, 5.41) is 0. The summed E-state index contributed by atoms with van der Waals surface area (Å²) in [6, 6.07) is 1.81. The predicted octanol–water partition coefficient (Wildman–Crippen LogP) is 1.48. The summed E-state index contributed by atoms with van der Waals surface area (Å²) in [5.41, 5.74) is 0.981. The fourth-order valence-corrected chi connectivity index (χ4v) is 2.08. The summed E-state index contributed by atoms with van der Waals surface area (Å²) < 4.78 is 16.7. The van der Waals surface area contributed by atoms with E-state index in [-0.39, 0.29) is 0 Å². The van der Waals surface area contributed by atoms with Crippen LogP contribution in [0.4, 0.5) is 0 Å². The average Bonchev–Trinajstić information content (AvgIpc) is 2.57. The van der Waals surface area contributed by atoms with Gasteiger partial charge in [0.2, 0.25) is 0 Å². The summed E-state index contributed by atoms with van der Waals surface area (Å²) in [7, 11) is 0.830. The molecule has 0 bridgehead atoms. The van der Waals surface area contributed by atoms with Crippen molar-refractivity contribution in [2.75, 3.05) is 7.11 Å². The molecule has 0 atom stereocenters. The van der Waals surface area contributed by atoms with Crippen molar-refractivity contribution >= 4 is 18.6 Å². The number of carbonyl (C=O) groups excluding carboxylic acids is 1. The third-order valence-corrected chi connectivity index (χ3v) is 4.13. The third-order valence-electron chi connectivity index (χ3n) is 4.13. The molecule has 1 aliphatic heterocycles. The van der Waals surface area contributed by atoms with Crippen molar-refractivity contribution in [2.24, 2.45) is 0 Å². The van der Waals surface area contributed by atoms with Gasteiger partial charge in [0.1, 0.15) is 0 Å². The van der Waals surface area contributed by atoms with Gasteiger partial charge in [0.05, 0.1) is 18.3 Å². The summed E-state index contributed by atoms with van der Waals surface area (Å²) in [6.45, 7) is 9.78. The molecule has 1 saturated heterocycles. The second kappa shape index (κ2) is 4.86. The molecule has 1 fully saturated rings. The van der Waals surface area contributed by atoms with Crippen LogP contribution in [0.2, 0.25) is 0 Å². The second-order valence-corrected chi connectivity index (χ2v) is 5.95. The number of ether oxygens (including phenoxy) is 1. The van der Waals surface area contributed by atoms with Crippen LogP contribution < -0.4 is 5.46 Å². The van der Waals surface area contributed by atoms with Crippen molar-refractivity contribution in [1.29, 1.82) is 0 Å². The molecule has 0 unspecified atom stereocenters. The molecular weight excluding hydrogens is 257 g/mol. The third kappa shape index (κ3) is 2.34. The first kappa shape index (κ1) is 15.0. The highest BCUT2D eigenvalue weighted by molar-refractivity contribution is 6.62. The Kier molecular flexibility index (Phi) is 3.65. The van der Waals surface area contributed by atoms with Crippen LogP contribution in [-0.4, -0.2) is 36.4 Å². The molecule has 0 aromatic carbocycles. The van der Waals surface area contributed by atoms with Gasteiger partial charge in [-0.2, -0.15) is 0 Å². The standard InChI is InChI=1S/C14H20BNO4/c1-9-10(7-8-16-11(9)12(17)18-6)15-19-13(2,3)14(4,5)20-15/h7-8H,1-6H3. The van der Waals surface area contributed by atoms with Crippen LogP contribution in [0.5, 0.6) is 0 Å². The van der Waals surface area contributed by atoms with E-state index in [1.165, 1.54) is 7.11 Å². The normalized spacial score (nSPS) is 20.0. The van der Waals surface area contributed by atoms with E-state index in [0.717, 1.165) is 11.0 Å². The Balaban J connectivity index is 2.39. The van der Waals surface area contributed by atoms with E-state index in [9.17, 15) is 4.79 Å². The zero-order valence-corrected chi connectivity index (χ0v) is 12.8. The minimum absolute atomic E-state index is 0.291. The zero-order valence-electron chi connectivity index (χ0n) is 12.8. The van der Waals surface area contributed by atoms with Crippen LogP contribution in [0.25, 0.3) is 0 Å². The van der Waals surface area contributed by atoms with Crippen molar-refractivity contribution < 1.29 is 18.8 Å². The maximum Gasteiger partial charge on any atom is 0.495 e. The largest absolute Gasteiger partial charge is 0.495 e. The van der Waals surface area contributed by atoms with E-state index < -0.39 is 24.3 Å². The van der Waals surface area contributed by atoms with Gasteiger partial charge in [-0.05, 0) is 51.7 Å². The first-order valence-electron chi connectivity index (χ1n) is 6.59. The molecule has 0 radical (unpaired) electrons. The second-order valence-electron chi connectivity index (χ2n) is 5.95. The van der Waals surface area contributed by atoms with Crippen LogP contribution in [0.15, 0.2) is 12.3 Å². The topological polar surface area (TPSA) is 57.7 Å². The van der Waals surface area contributed by atoms with Crippen molar-refractivity contribution in [2.45, 2.75) is 45.8 Å². The molecule has 1 aromatic heterocycles. The van der Waals surface area contributed by atoms with Gasteiger partial charge in [0.25, 0.3) is 0 Å². The lowest BCUT2D eigenvalue weighted by atomic mass is 9.76. The number of aromatic nitrogens is 1. The van der Waals surface area contributed by atoms with Gasteiger partial charge >= 0.3 is 13.1 Å². The smallest absolute Gasteiger partial charge is 0.464 e. The lowest BCUT2D eigenvalue weighted by molar-refractivity contribution is 0.00578. The number of carbonyl (C=O) groups is 1. The van der Waals surface area contributed by atoms with Gasteiger partial charge in [-0.1, -0.05) is 0 Å². The minimum Gasteiger partial charge on any atom is -0.464 e. The van der Waals surface area contributed by atoms with Gasteiger partial charge in [-0.25, -0.2) is 9.78 Å². The minimum atomic E-state index is -0.508. The molecular formula is C14H20BNO4. The fourth-order valence-electron chi connectivity index (χ4n) is 2.08. The van der Waals surface area contributed by atoms with Crippen molar-refractivity contribution in [3.05, 3.63) is 23.5 Å². The molecule has 2 heterocycles. The monoisotopic (exact) mass is 277 g/mol. The molecule has 0 amide bonds. The van der Waals surface area contributed by atoms with Gasteiger partial charge in [-0.15, -0.1) is 0 Å². The Morgan fingerprint density at radius 2 is 1.80 bits per heavy atom. The highest BCUT2D eigenvalue weighted by Crippen LogP contribution is 2.36. The number of esters is 1. The lowest BCUT2D eigenvalue weighted by Gasteiger charge is -2.32. The van der Waals surface area contributed by atoms with Crippen molar-refractivity contribution in [3.8, 4) is 0 Å². The molecule has 5 nitrogen and oxygen atoms in total. The van der Waals surface area contributed by atoms with E-state index in [1.54, 1.807) is 6.20 Å². The number of hydrogen-bond donors (Lipinski definition) is 0. The van der Waals surface area contributed by atoms with Crippen LogP contribution in [0.1, 0.15) is 43.7 Å². The zero-order chi connectivity index (χ0) is 15.1. The number of pyridine rings is 1. The highest BCUT2D eigenvalue weighted by atomic mass is 16.7. The van der Waals surface area contributed by atoms with E-state index in [4.69, 9.17) is 14.0 Å². The number of methoxy groups -OCH3 is 1. The van der Waals surface area contributed by atoms with E-state index in [2.05, 4.69) is 4.98 Å². The predicted molar refractivity (Wildman–Crippen MR) is 76.0 cm³/mol. The first-order chi connectivity index (χ1) is 9.19. The summed E-state index contributed by atoms with van der Waals surface area (Å²) in [6.07, 6.45) is 1.57. The van der Waals surface area contributed by atoms with E-state index >= 15 is 0 Å².